The molecule has 7 nitrogen and oxygen atoms in total. The van der Waals surface area contributed by atoms with Crippen molar-refractivity contribution in [3.05, 3.63) is 53.6 Å². The molecule has 1 unspecified atom stereocenters. The van der Waals surface area contributed by atoms with E-state index in [1.54, 1.807) is 31.2 Å². The number of hydrogen-bond donors (Lipinski definition) is 3. The van der Waals surface area contributed by atoms with E-state index in [-0.39, 0.29) is 5.91 Å². The van der Waals surface area contributed by atoms with Gasteiger partial charge < -0.3 is 25.6 Å². The molecular weight excluding hydrogens is 380 g/mol. The molecule has 0 radical (unpaired) electrons. The Morgan fingerprint density at radius 2 is 1.54 bits per heavy atom. The average molecular weight is 403 g/mol. The second kappa shape index (κ2) is 9.43. The molecule has 2 aromatic carbocycles. The van der Waals surface area contributed by atoms with Gasteiger partial charge in [-0.05, 0) is 55.5 Å². The molecule has 1 aliphatic heterocycles. The molecule has 1 saturated heterocycles. The summed E-state index contributed by atoms with van der Waals surface area (Å²) in [7, 11) is 0. The highest BCUT2D eigenvalue weighted by molar-refractivity contribution is 6.30. The minimum Gasteiger partial charge on any atom is -0.378 e. The Hall–Kier alpha value is -2.77. The number of rotatable bonds is 5. The van der Waals surface area contributed by atoms with Crippen LogP contribution in [-0.2, 0) is 9.53 Å². The van der Waals surface area contributed by atoms with Crippen LogP contribution >= 0.6 is 11.6 Å². The number of benzene rings is 2. The molecular formula is C20H23ClN4O3. The number of nitrogens with one attached hydrogen (secondary N) is 3. The zero-order chi connectivity index (χ0) is 19.9. The second-order valence-corrected chi connectivity index (χ2v) is 6.90. The number of amides is 3. The summed E-state index contributed by atoms with van der Waals surface area (Å²) in [6.07, 6.45) is 0. The molecule has 0 bridgehead atoms. The fraction of sp³-hybridized carbons (Fsp3) is 0.300. The average Bonchev–Trinajstić information content (AvgIpc) is 2.71. The van der Waals surface area contributed by atoms with Crippen molar-refractivity contribution in [2.75, 3.05) is 41.8 Å². The van der Waals surface area contributed by atoms with Crippen LogP contribution in [0.15, 0.2) is 48.5 Å². The van der Waals surface area contributed by atoms with Gasteiger partial charge in [-0.15, -0.1) is 0 Å². The van der Waals surface area contributed by atoms with Crippen molar-refractivity contribution in [2.24, 2.45) is 0 Å². The van der Waals surface area contributed by atoms with E-state index >= 15 is 0 Å². The Labute approximate surface area is 169 Å². The first-order valence-corrected chi connectivity index (χ1v) is 9.46. The van der Waals surface area contributed by atoms with Gasteiger partial charge in [-0.1, -0.05) is 11.6 Å². The third-order valence-corrected chi connectivity index (χ3v) is 4.61. The van der Waals surface area contributed by atoms with Gasteiger partial charge in [0.2, 0.25) is 5.91 Å². The topological polar surface area (TPSA) is 82.7 Å². The Morgan fingerprint density at radius 3 is 2.18 bits per heavy atom. The molecule has 8 heteroatoms. The lowest BCUT2D eigenvalue weighted by molar-refractivity contribution is -0.117. The van der Waals surface area contributed by atoms with Crippen molar-refractivity contribution < 1.29 is 14.3 Å². The van der Waals surface area contributed by atoms with Crippen LogP contribution in [0.25, 0.3) is 0 Å². The first-order valence-electron chi connectivity index (χ1n) is 9.08. The van der Waals surface area contributed by atoms with Crippen molar-refractivity contribution in [2.45, 2.75) is 13.0 Å². The third-order valence-electron chi connectivity index (χ3n) is 4.35. The quantitative estimate of drug-likeness (QED) is 0.716. The van der Waals surface area contributed by atoms with Crippen molar-refractivity contribution in [1.82, 2.24) is 5.32 Å². The number of carbonyl (C=O) groups is 2. The highest BCUT2D eigenvalue weighted by atomic mass is 35.5. The second-order valence-electron chi connectivity index (χ2n) is 6.46. The number of ether oxygens (including phenoxy) is 1. The molecule has 1 heterocycles. The van der Waals surface area contributed by atoms with E-state index in [2.05, 4.69) is 20.9 Å². The van der Waals surface area contributed by atoms with Crippen LogP contribution in [0, 0.1) is 0 Å². The maximum atomic E-state index is 12.3. The fourth-order valence-corrected chi connectivity index (χ4v) is 2.92. The number of anilines is 3. The van der Waals surface area contributed by atoms with E-state index in [9.17, 15) is 9.59 Å². The van der Waals surface area contributed by atoms with Crippen molar-refractivity contribution >= 4 is 40.6 Å². The van der Waals surface area contributed by atoms with Crippen LogP contribution in [0.1, 0.15) is 6.92 Å². The highest BCUT2D eigenvalue weighted by Gasteiger charge is 2.16. The third kappa shape index (κ3) is 5.61. The Balaban J connectivity index is 1.49. The Kier molecular flexibility index (Phi) is 6.73. The number of morpholine rings is 1. The standard InChI is InChI=1S/C20H23ClN4O3/c1-14(22-20(27)24-17-4-2-15(21)3-5-17)19(26)23-16-6-8-18(9-7-16)25-10-12-28-13-11-25/h2-9,14H,10-13H2,1H3,(H,23,26)(H2,22,24,27). The smallest absolute Gasteiger partial charge is 0.319 e. The fourth-order valence-electron chi connectivity index (χ4n) is 2.79. The van der Waals surface area contributed by atoms with E-state index < -0.39 is 12.1 Å². The summed E-state index contributed by atoms with van der Waals surface area (Å²) in [5.41, 5.74) is 2.36. The van der Waals surface area contributed by atoms with Gasteiger partial charge in [0.15, 0.2) is 0 Å². The van der Waals surface area contributed by atoms with Gasteiger partial charge in [0.25, 0.3) is 0 Å². The first-order chi connectivity index (χ1) is 13.5. The van der Waals surface area contributed by atoms with Gasteiger partial charge in [-0.2, -0.15) is 0 Å². The van der Waals surface area contributed by atoms with Crippen LogP contribution in [0.4, 0.5) is 21.9 Å². The molecule has 1 atom stereocenters. The zero-order valence-electron chi connectivity index (χ0n) is 15.6. The van der Waals surface area contributed by atoms with E-state index in [1.807, 2.05) is 24.3 Å². The van der Waals surface area contributed by atoms with E-state index in [4.69, 9.17) is 16.3 Å². The molecule has 3 amide bonds. The molecule has 0 spiro atoms. The molecule has 1 fully saturated rings. The summed E-state index contributed by atoms with van der Waals surface area (Å²) in [5.74, 6) is -0.301. The summed E-state index contributed by atoms with van der Waals surface area (Å²) in [6.45, 7) is 4.78. The van der Waals surface area contributed by atoms with Crippen LogP contribution in [0.2, 0.25) is 5.02 Å². The lowest BCUT2D eigenvalue weighted by atomic mass is 10.2. The summed E-state index contributed by atoms with van der Waals surface area (Å²) in [5, 5.41) is 8.66. The Morgan fingerprint density at radius 1 is 0.964 bits per heavy atom. The largest absolute Gasteiger partial charge is 0.378 e. The van der Waals surface area contributed by atoms with Crippen LogP contribution in [-0.4, -0.2) is 44.3 Å². The normalized spacial score (nSPS) is 14.9. The van der Waals surface area contributed by atoms with E-state index in [1.165, 1.54) is 0 Å². The molecule has 0 aliphatic carbocycles. The zero-order valence-corrected chi connectivity index (χ0v) is 16.3. The number of halogens is 1. The first kappa shape index (κ1) is 20.0. The molecule has 28 heavy (non-hydrogen) atoms. The maximum Gasteiger partial charge on any atom is 0.319 e. The van der Waals surface area contributed by atoms with Crippen molar-refractivity contribution in [3.63, 3.8) is 0 Å². The van der Waals surface area contributed by atoms with Gasteiger partial charge in [0.1, 0.15) is 6.04 Å². The van der Waals surface area contributed by atoms with Gasteiger partial charge in [0.05, 0.1) is 13.2 Å². The van der Waals surface area contributed by atoms with Crippen LogP contribution in [0.3, 0.4) is 0 Å². The number of carbonyl (C=O) groups excluding carboxylic acids is 2. The SMILES string of the molecule is CC(NC(=O)Nc1ccc(Cl)cc1)C(=O)Nc1ccc(N2CCOCC2)cc1. The van der Waals surface area contributed by atoms with E-state index in [0.717, 1.165) is 32.0 Å². The van der Waals surface area contributed by atoms with Crippen molar-refractivity contribution in [3.8, 4) is 0 Å². The molecule has 3 N–H and O–H groups in total. The van der Waals surface area contributed by atoms with Gasteiger partial charge in [-0.3, -0.25) is 4.79 Å². The molecule has 0 aromatic heterocycles. The van der Waals surface area contributed by atoms with E-state index in [0.29, 0.717) is 16.4 Å². The van der Waals surface area contributed by atoms with Crippen LogP contribution < -0.4 is 20.9 Å². The monoisotopic (exact) mass is 402 g/mol. The lowest BCUT2D eigenvalue weighted by Gasteiger charge is -2.29. The minimum absolute atomic E-state index is 0.301. The van der Waals surface area contributed by atoms with Gasteiger partial charge >= 0.3 is 6.03 Å². The summed E-state index contributed by atoms with van der Waals surface area (Å²) in [6, 6.07) is 13.2. The number of nitrogens with zero attached hydrogens (tertiary/aromatic N) is 1. The number of urea groups is 1. The molecule has 0 saturated carbocycles. The summed E-state index contributed by atoms with van der Waals surface area (Å²) < 4.78 is 5.35. The maximum absolute atomic E-state index is 12.3. The van der Waals surface area contributed by atoms with Gasteiger partial charge in [0, 0.05) is 35.2 Å². The molecule has 2 aromatic rings. The summed E-state index contributed by atoms with van der Waals surface area (Å²) in [4.78, 5) is 26.6. The summed E-state index contributed by atoms with van der Waals surface area (Å²) >= 11 is 5.82. The highest BCUT2D eigenvalue weighted by Crippen LogP contribution is 2.19. The predicted octanol–water partition coefficient (Wildman–Crippen LogP) is 3.33. The predicted molar refractivity (Wildman–Crippen MR) is 111 cm³/mol. The number of hydrogen-bond acceptors (Lipinski definition) is 4. The Bertz CT molecular complexity index is 805. The molecule has 148 valence electrons. The van der Waals surface area contributed by atoms with Crippen LogP contribution in [0.5, 0.6) is 0 Å². The van der Waals surface area contributed by atoms with Gasteiger partial charge in [-0.25, -0.2) is 4.79 Å². The molecule has 1 aliphatic rings. The molecule has 3 rings (SSSR count). The van der Waals surface area contributed by atoms with Crippen molar-refractivity contribution in [1.29, 1.82) is 0 Å². The minimum atomic E-state index is -0.703. The lowest BCUT2D eigenvalue weighted by Crippen LogP contribution is -2.43.